The number of H-pyrrole nitrogens is 1. The van der Waals surface area contributed by atoms with E-state index in [0.29, 0.717) is 6.42 Å². The number of rotatable bonds is 2. The second-order valence-electron chi connectivity index (χ2n) is 5.80. The Morgan fingerprint density at radius 1 is 1.36 bits per heavy atom. The number of benzene rings is 1. The van der Waals surface area contributed by atoms with Gasteiger partial charge in [-0.05, 0) is 12.5 Å². The minimum atomic E-state index is 0.219. The van der Waals surface area contributed by atoms with Crippen LogP contribution < -0.4 is 0 Å². The SMILES string of the molecule is CN1CC(n2ccnc2-c2ccc3cn[nH]c3c2)CCC1=O. The molecule has 1 fully saturated rings. The number of aromatic amines is 1. The quantitative estimate of drug-likeness (QED) is 0.788. The lowest BCUT2D eigenvalue weighted by Gasteiger charge is -2.31. The summed E-state index contributed by atoms with van der Waals surface area (Å²) in [5.74, 6) is 1.15. The molecule has 112 valence electrons. The number of imidazole rings is 1. The van der Waals surface area contributed by atoms with Gasteiger partial charge in [0.15, 0.2) is 0 Å². The van der Waals surface area contributed by atoms with Crippen LogP contribution in [-0.2, 0) is 4.79 Å². The van der Waals surface area contributed by atoms with Crippen LogP contribution in [0.1, 0.15) is 18.9 Å². The number of likely N-dealkylation sites (tertiary alicyclic amines) is 1. The lowest BCUT2D eigenvalue weighted by Crippen LogP contribution is -2.37. The summed E-state index contributed by atoms with van der Waals surface area (Å²) >= 11 is 0. The first-order valence-electron chi connectivity index (χ1n) is 7.42. The maximum atomic E-state index is 11.7. The Balaban J connectivity index is 1.71. The molecule has 0 saturated carbocycles. The van der Waals surface area contributed by atoms with Gasteiger partial charge in [0.1, 0.15) is 5.82 Å². The predicted octanol–water partition coefficient (Wildman–Crippen LogP) is 2.22. The van der Waals surface area contributed by atoms with Gasteiger partial charge in [0.25, 0.3) is 0 Å². The van der Waals surface area contributed by atoms with Gasteiger partial charge in [-0.1, -0.05) is 12.1 Å². The van der Waals surface area contributed by atoms with Crippen LogP contribution >= 0.6 is 0 Å². The zero-order chi connectivity index (χ0) is 15.1. The molecule has 1 aliphatic heterocycles. The summed E-state index contributed by atoms with van der Waals surface area (Å²) in [6, 6.07) is 6.45. The van der Waals surface area contributed by atoms with E-state index in [-0.39, 0.29) is 11.9 Å². The van der Waals surface area contributed by atoms with Crippen LogP contribution in [0, 0.1) is 0 Å². The highest BCUT2D eigenvalue weighted by Crippen LogP contribution is 2.28. The Bertz CT molecular complexity index is 834. The molecule has 1 atom stereocenters. The molecule has 22 heavy (non-hydrogen) atoms. The Morgan fingerprint density at radius 2 is 2.27 bits per heavy atom. The van der Waals surface area contributed by atoms with E-state index in [1.807, 2.05) is 31.7 Å². The van der Waals surface area contributed by atoms with Crippen molar-refractivity contribution in [3.8, 4) is 11.4 Å². The molecule has 6 heteroatoms. The topological polar surface area (TPSA) is 66.8 Å². The van der Waals surface area contributed by atoms with Crippen molar-refractivity contribution in [3.63, 3.8) is 0 Å². The highest BCUT2D eigenvalue weighted by Gasteiger charge is 2.25. The molecule has 6 nitrogen and oxygen atoms in total. The molecule has 1 aromatic carbocycles. The molecule has 2 aromatic heterocycles. The summed E-state index contributed by atoms with van der Waals surface area (Å²) in [6.45, 7) is 0.731. The summed E-state index contributed by atoms with van der Waals surface area (Å²) in [7, 11) is 1.86. The van der Waals surface area contributed by atoms with Crippen LogP contribution in [0.3, 0.4) is 0 Å². The van der Waals surface area contributed by atoms with Crippen molar-refractivity contribution in [1.29, 1.82) is 0 Å². The van der Waals surface area contributed by atoms with E-state index in [0.717, 1.165) is 35.3 Å². The number of fused-ring (bicyclic) bond motifs is 1. The zero-order valence-corrected chi connectivity index (χ0v) is 12.4. The molecule has 1 aliphatic rings. The molecule has 0 bridgehead atoms. The van der Waals surface area contributed by atoms with Crippen molar-refractivity contribution >= 4 is 16.8 Å². The number of piperidine rings is 1. The fourth-order valence-corrected chi connectivity index (χ4v) is 3.12. The van der Waals surface area contributed by atoms with Gasteiger partial charge < -0.3 is 9.47 Å². The van der Waals surface area contributed by atoms with Gasteiger partial charge >= 0.3 is 0 Å². The monoisotopic (exact) mass is 295 g/mol. The summed E-state index contributed by atoms with van der Waals surface area (Å²) in [5, 5.41) is 8.14. The highest BCUT2D eigenvalue weighted by atomic mass is 16.2. The van der Waals surface area contributed by atoms with E-state index in [1.54, 1.807) is 4.90 Å². The molecule has 1 N–H and O–H groups in total. The molecule has 0 aliphatic carbocycles. The largest absolute Gasteiger partial charge is 0.344 e. The first-order valence-corrected chi connectivity index (χ1v) is 7.42. The Hall–Kier alpha value is -2.63. The van der Waals surface area contributed by atoms with Crippen LogP contribution in [0.2, 0.25) is 0 Å². The van der Waals surface area contributed by atoms with Crippen LogP contribution in [0.15, 0.2) is 36.8 Å². The van der Waals surface area contributed by atoms with Gasteiger partial charge in [-0.3, -0.25) is 9.89 Å². The van der Waals surface area contributed by atoms with E-state index in [1.165, 1.54) is 0 Å². The fourth-order valence-electron chi connectivity index (χ4n) is 3.12. The zero-order valence-electron chi connectivity index (χ0n) is 12.4. The minimum Gasteiger partial charge on any atom is -0.344 e. The maximum Gasteiger partial charge on any atom is 0.222 e. The molecule has 3 heterocycles. The number of aromatic nitrogens is 4. The molecule has 1 saturated heterocycles. The number of carbonyl (C=O) groups excluding carboxylic acids is 1. The lowest BCUT2D eigenvalue weighted by atomic mass is 10.0. The van der Waals surface area contributed by atoms with Crippen LogP contribution in [0.25, 0.3) is 22.3 Å². The average Bonchev–Trinajstić information content (AvgIpc) is 3.17. The van der Waals surface area contributed by atoms with Crippen molar-refractivity contribution in [2.24, 2.45) is 0 Å². The van der Waals surface area contributed by atoms with Gasteiger partial charge in [0.05, 0.1) is 17.8 Å². The van der Waals surface area contributed by atoms with E-state index < -0.39 is 0 Å². The predicted molar refractivity (Wildman–Crippen MR) is 83.2 cm³/mol. The third-order valence-corrected chi connectivity index (χ3v) is 4.36. The van der Waals surface area contributed by atoms with Crippen molar-refractivity contribution in [1.82, 2.24) is 24.6 Å². The van der Waals surface area contributed by atoms with E-state index in [4.69, 9.17) is 0 Å². The minimum absolute atomic E-state index is 0.219. The molecule has 4 rings (SSSR count). The second kappa shape index (κ2) is 4.98. The number of hydrogen-bond donors (Lipinski definition) is 1. The second-order valence-corrected chi connectivity index (χ2v) is 5.80. The Kier molecular flexibility index (Phi) is 2.96. The van der Waals surface area contributed by atoms with E-state index >= 15 is 0 Å². The first-order chi connectivity index (χ1) is 10.7. The number of hydrogen-bond acceptors (Lipinski definition) is 3. The lowest BCUT2D eigenvalue weighted by molar-refractivity contribution is -0.132. The third kappa shape index (κ3) is 2.07. The number of amides is 1. The van der Waals surface area contributed by atoms with Gasteiger partial charge in [-0.15, -0.1) is 0 Å². The first kappa shape index (κ1) is 13.1. The summed E-state index contributed by atoms with van der Waals surface area (Å²) in [4.78, 5) is 18.0. The normalized spacial score (nSPS) is 19.0. The Morgan fingerprint density at radius 3 is 3.14 bits per heavy atom. The number of likely N-dealkylation sites (N-methyl/N-ethyl adjacent to an activating group) is 1. The number of nitrogens with one attached hydrogen (secondary N) is 1. The number of carbonyl (C=O) groups is 1. The van der Waals surface area contributed by atoms with Gasteiger partial charge in [-0.25, -0.2) is 4.98 Å². The van der Waals surface area contributed by atoms with Gasteiger partial charge in [0, 0.05) is 43.4 Å². The number of nitrogens with zero attached hydrogens (tertiary/aromatic N) is 4. The van der Waals surface area contributed by atoms with Crippen molar-refractivity contribution in [2.45, 2.75) is 18.9 Å². The van der Waals surface area contributed by atoms with Crippen LogP contribution in [-0.4, -0.2) is 44.1 Å². The molecule has 0 radical (unpaired) electrons. The van der Waals surface area contributed by atoms with Gasteiger partial charge in [0.2, 0.25) is 5.91 Å². The molecular weight excluding hydrogens is 278 g/mol. The van der Waals surface area contributed by atoms with Crippen molar-refractivity contribution in [2.75, 3.05) is 13.6 Å². The van der Waals surface area contributed by atoms with E-state index in [9.17, 15) is 4.79 Å². The van der Waals surface area contributed by atoms with Crippen LogP contribution in [0.4, 0.5) is 0 Å². The maximum absolute atomic E-state index is 11.7. The molecular formula is C16H17N5O. The molecule has 0 spiro atoms. The average molecular weight is 295 g/mol. The van der Waals surface area contributed by atoms with E-state index in [2.05, 4.69) is 31.9 Å². The Labute approximate surface area is 127 Å². The molecule has 3 aromatic rings. The molecule has 1 unspecified atom stereocenters. The third-order valence-electron chi connectivity index (χ3n) is 4.36. The van der Waals surface area contributed by atoms with Gasteiger partial charge in [-0.2, -0.15) is 5.10 Å². The van der Waals surface area contributed by atoms with Crippen molar-refractivity contribution in [3.05, 3.63) is 36.8 Å². The molecule has 1 amide bonds. The summed E-state index contributed by atoms with van der Waals surface area (Å²) in [5.41, 5.74) is 2.06. The highest BCUT2D eigenvalue weighted by molar-refractivity contribution is 5.82. The van der Waals surface area contributed by atoms with Crippen LogP contribution in [0.5, 0.6) is 0 Å². The summed E-state index contributed by atoms with van der Waals surface area (Å²) < 4.78 is 2.18. The smallest absolute Gasteiger partial charge is 0.222 e. The standard InChI is InChI=1S/C16H17N5O/c1-20-10-13(4-5-15(20)22)21-7-6-17-16(21)11-2-3-12-9-18-19-14(12)8-11/h2-3,6-9,13H,4-5,10H2,1H3,(H,18,19). The summed E-state index contributed by atoms with van der Waals surface area (Å²) in [6.07, 6.45) is 7.09. The fraction of sp³-hybridized carbons (Fsp3) is 0.312. The van der Waals surface area contributed by atoms with Crippen molar-refractivity contribution < 1.29 is 4.79 Å².